The quantitative estimate of drug-likeness (QED) is 0.462. The lowest BCUT2D eigenvalue weighted by atomic mass is 9.53. The van der Waals surface area contributed by atoms with E-state index in [-0.39, 0.29) is 17.1 Å². The van der Waals surface area contributed by atoms with Crippen LogP contribution in [-0.2, 0) is 23.2 Å². The summed E-state index contributed by atoms with van der Waals surface area (Å²) in [6.45, 7) is 6.44. The number of hydrogen-bond donors (Lipinski definition) is 0. The van der Waals surface area contributed by atoms with E-state index in [9.17, 15) is 14.2 Å². The van der Waals surface area contributed by atoms with E-state index in [2.05, 4.69) is 6.92 Å². The first kappa shape index (κ1) is 23.9. The zero-order valence-electron chi connectivity index (χ0n) is 20.5. The van der Waals surface area contributed by atoms with Gasteiger partial charge in [-0.15, -0.1) is 0 Å². The van der Waals surface area contributed by atoms with Crippen molar-refractivity contribution in [1.82, 2.24) is 0 Å². The summed E-state index contributed by atoms with van der Waals surface area (Å²) in [6.07, 6.45) is 7.68. The average molecular weight is 483 g/mol. The predicted octanol–water partition coefficient (Wildman–Crippen LogP) is 6.05. The maximum Gasteiger partial charge on any atom is 0.361 e. The average Bonchev–Trinajstić information content (AvgIpc) is 3.12. The van der Waals surface area contributed by atoms with E-state index in [1.54, 1.807) is 0 Å². The topological polar surface area (TPSA) is 69.7 Å². The molecular formula is C28H35O5P. The fourth-order valence-corrected chi connectivity index (χ4v) is 8.71. The van der Waals surface area contributed by atoms with E-state index in [4.69, 9.17) is 9.05 Å². The van der Waals surface area contributed by atoms with Crippen molar-refractivity contribution in [3.63, 3.8) is 0 Å². The maximum atomic E-state index is 13.3. The molecular weight excluding hydrogens is 447 g/mol. The van der Waals surface area contributed by atoms with Crippen molar-refractivity contribution in [3.8, 4) is 0 Å². The molecule has 0 bridgehead atoms. The summed E-state index contributed by atoms with van der Waals surface area (Å²) in [4.78, 5) is 25.2. The number of Topliss-reactive ketones (excluding diaryl/α,β-unsaturated/α-hetero) is 1. The van der Waals surface area contributed by atoms with Gasteiger partial charge >= 0.3 is 7.60 Å². The number of fused-ring (bicyclic) bond motifs is 4. The van der Waals surface area contributed by atoms with Crippen LogP contribution in [0.15, 0.2) is 47.1 Å². The standard InChI is InChI=1S/C28H35O5P/c1-4-32-34(31,33-5-2)21-10-6-18(7-11-21)24-17-28(3)25(14-15-26(28)30)23-12-8-19-16-20(29)9-13-22(19)27(23)24/h6-7,10-11,16,23-25H,4-5,8-9,12-15,17H2,1-3H3/t23-,24+,25?,28-/m0/s1. The molecule has 0 spiro atoms. The van der Waals surface area contributed by atoms with Gasteiger partial charge in [0, 0.05) is 24.2 Å². The predicted molar refractivity (Wildman–Crippen MR) is 132 cm³/mol. The molecule has 182 valence electrons. The van der Waals surface area contributed by atoms with Crippen molar-refractivity contribution in [2.24, 2.45) is 17.3 Å². The van der Waals surface area contributed by atoms with Crippen molar-refractivity contribution in [3.05, 3.63) is 52.6 Å². The summed E-state index contributed by atoms with van der Waals surface area (Å²) >= 11 is 0. The first-order chi connectivity index (χ1) is 16.3. The highest BCUT2D eigenvalue weighted by molar-refractivity contribution is 7.62. The van der Waals surface area contributed by atoms with E-state index in [0.29, 0.717) is 49.0 Å². The zero-order valence-corrected chi connectivity index (χ0v) is 21.4. The molecule has 4 atom stereocenters. The highest BCUT2D eigenvalue weighted by Crippen LogP contribution is 2.62. The molecule has 1 unspecified atom stereocenters. The SMILES string of the molecule is CCOP(=O)(OCC)c1ccc([C@H]2C[C@]3(C)C(=O)CCC3[C@@H]3CCC4=CC(=O)CCC4=C32)cc1. The second-order valence-electron chi connectivity index (χ2n) is 10.4. The lowest BCUT2D eigenvalue weighted by Gasteiger charge is -2.50. The van der Waals surface area contributed by atoms with Crippen LogP contribution in [0.25, 0.3) is 0 Å². The van der Waals surface area contributed by atoms with Gasteiger partial charge in [-0.1, -0.05) is 24.6 Å². The Morgan fingerprint density at radius 1 is 0.971 bits per heavy atom. The Labute approximate surface area is 202 Å². The van der Waals surface area contributed by atoms with E-state index in [1.165, 1.54) is 16.7 Å². The molecule has 2 fully saturated rings. The molecule has 4 aliphatic carbocycles. The smallest absolute Gasteiger partial charge is 0.305 e. The Morgan fingerprint density at radius 3 is 2.35 bits per heavy atom. The van der Waals surface area contributed by atoms with Crippen LogP contribution in [0.2, 0.25) is 0 Å². The van der Waals surface area contributed by atoms with Gasteiger partial charge in [0.2, 0.25) is 0 Å². The number of carbonyl (C=O) groups excluding carboxylic acids is 2. The molecule has 0 N–H and O–H groups in total. The van der Waals surface area contributed by atoms with Crippen LogP contribution in [0, 0.1) is 17.3 Å². The van der Waals surface area contributed by atoms with Gasteiger partial charge in [-0.2, -0.15) is 0 Å². The van der Waals surface area contributed by atoms with E-state index in [0.717, 1.165) is 37.7 Å². The van der Waals surface area contributed by atoms with E-state index < -0.39 is 7.60 Å². The summed E-state index contributed by atoms with van der Waals surface area (Å²) in [5.41, 5.74) is 4.91. The third-order valence-electron chi connectivity index (χ3n) is 8.65. The highest BCUT2D eigenvalue weighted by atomic mass is 31.2. The molecule has 6 heteroatoms. The van der Waals surface area contributed by atoms with Gasteiger partial charge in [-0.25, -0.2) is 0 Å². The van der Waals surface area contributed by atoms with Crippen LogP contribution in [0.1, 0.15) is 77.2 Å². The molecule has 5 rings (SSSR count). The lowest BCUT2D eigenvalue weighted by molar-refractivity contribution is -0.128. The van der Waals surface area contributed by atoms with Crippen molar-refractivity contribution in [2.75, 3.05) is 13.2 Å². The molecule has 1 aromatic rings. The number of ketones is 2. The summed E-state index contributed by atoms with van der Waals surface area (Å²) in [5, 5.41) is 0.568. The van der Waals surface area contributed by atoms with Crippen molar-refractivity contribution in [1.29, 1.82) is 0 Å². The third-order valence-corrected chi connectivity index (χ3v) is 10.8. The minimum atomic E-state index is -3.34. The lowest BCUT2D eigenvalue weighted by Crippen LogP contribution is -2.43. The van der Waals surface area contributed by atoms with Crippen LogP contribution in [0.3, 0.4) is 0 Å². The summed E-state index contributed by atoms with van der Waals surface area (Å²) < 4.78 is 24.3. The summed E-state index contributed by atoms with van der Waals surface area (Å²) in [5.74, 6) is 1.56. The highest BCUT2D eigenvalue weighted by Gasteiger charge is 2.56. The molecule has 4 aliphatic rings. The Balaban J connectivity index is 1.59. The van der Waals surface area contributed by atoms with Crippen molar-refractivity contribution < 1.29 is 23.2 Å². The van der Waals surface area contributed by atoms with Gasteiger partial charge in [0.15, 0.2) is 5.78 Å². The van der Waals surface area contributed by atoms with Crippen LogP contribution >= 0.6 is 7.60 Å². The maximum absolute atomic E-state index is 13.3. The summed E-state index contributed by atoms with van der Waals surface area (Å²) in [6, 6.07) is 7.84. The van der Waals surface area contributed by atoms with Crippen LogP contribution < -0.4 is 5.30 Å². The number of benzene rings is 1. The molecule has 0 amide bonds. The second-order valence-corrected chi connectivity index (χ2v) is 12.4. The number of allylic oxidation sites excluding steroid dienone is 4. The van der Waals surface area contributed by atoms with Gasteiger partial charge in [0.1, 0.15) is 5.78 Å². The fraction of sp³-hybridized carbons (Fsp3) is 0.571. The molecule has 0 saturated heterocycles. The molecule has 0 radical (unpaired) electrons. The number of rotatable bonds is 6. The Hall–Kier alpha value is -1.81. The molecule has 5 nitrogen and oxygen atoms in total. The molecule has 0 aliphatic heterocycles. The monoisotopic (exact) mass is 482 g/mol. The molecule has 1 aromatic carbocycles. The van der Waals surface area contributed by atoms with Gasteiger partial charge in [-0.3, -0.25) is 14.2 Å². The van der Waals surface area contributed by atoms with Gasteiger partial charge in [-0.05, 0) is 92.7 Å². The first-order valence-electron chi connectivity index (χ1n) is 12.8. The van der Waals surface area contributed by atoms with E-state index in [1.807, 2.05) is 44.2 Å². The van der Waals surface area contributed by atoms with Crippen LogP contribution in [0.4, 0.5) is 0 Å². The number of carbonyl (C=O) groups is 2. The largest absolute Gasteiger partial charge is 0.361 e. The number of hydrogen-bond acceptors (Lipinski definition) is 5. The Bertz CT molecular complexity index is 1100. The van der Waals surface area contributed by atoms with Gasteiger partial charge in [0.25, 0.3) is 0 Å². The molecule has 0 heterocycles. The Morgan fingerprint density at radius 2 is 1.68 bits per heavy atom. The van der Waals surface area contributed by atoms with Crippen molar-refractivity contribution in [2.45, 2.75) is 71.6 Å². The second kappa shape index (κ2) is 9.00. The van der Waals surface area contributed by atoms with Crippen LogP contribution in [-0.4, -0.2) is 24.8 Å². The molecule has 34 heavy (non-hydrogen) atoms. The Kier molecular flexibility index (Phi) is 6.33. The fourth-order valence-electron chi connectivity index (χ4n) is 7.15. The zero-order chi connectivity index (χ0) is 24.1. The minimum absolute atomic E-state index is 0.132. The third kappa shape index (κ3) is 3.81. The van der Waals surface area contributed by atoms with E-state index >= 15 is 0 Å². The molecule has 0 aromatic heterocycles. The normalized spacial score (nSPS) is 31.1. The first-order valence-corrected chi connectivity index (χ1v) is 14.3. The van der Waals surface area contributed by atoms with Crippen molar-refractivity contribution >= 4 is 24.5 Å². The summed E-state index contributed by atoms with van der Waals surface area (Å²) in [7, 11) is -3.34. The van der Waals surface area contributed by atoms with Gasteiger partial charge < -0.3 is 9.05 Å². The minimum Gasteiger partial charge on any atom is -0.305 e. The molecule has 2 saturated carbocycles. The van der Waals surface area contributed by atoms with Crippen LogP contribution in [0.5, 0.6) is 0 Å². The van der Waals surface area contributed by atoms with Gasteiger partial charge in [0.05, 0.1) is 18.5 Å².